The van der Waals surface area contributed by atoms with Crippen LogP contribution in [-0.4, -0.2) is 33.7 Å². The molecule has 0 radical (unpaired) electrons. The number of esters is 1. The summed E-state index contributed by atoms with van der Waals surface area (Å²) in [7, 11) is -2.13. The number of carbonyl (C=O) groups is 1. The second kappa shape index (κ2) is 5.90. The SMILES string of the molecule is CC(C)(C)OC(=O)Cc1nc2c(B(O)O)c(F)cc(F)c2s1. The number of hydrogen-bond acceptors (Lipinski definition) is 6. The minimum atomic E-state index is -2.13. The van der Waals surface area contributed by atoms with E-state index in [0.29, 0.717) is 6.07 Å². The summed E-state index contributed by atoms with van der Waals surface area (Å²) in [6, 6.07) is 0.562. The zero-order valence-electron chi connectivity index (χ0n) is 12.2. The van der Waals surface area contributed by atoms with E-state index in [9.17, 15) is 23.6 Å². The van der Waals surface area contributed by atoms with Crippen LogP contribution in [0.2, 0.25) is 0 Å². The molecule has 1 heterocycles. The molecule has 5 nitrogen and oxygen atoms in total. The van der Waals surface area contributed by atoms with Gasteiger partial charge in [0.2, 0.25) is 0 Å². The van der Waals surface area contributed by atoms with Gasteiger partial charge in [0.25, 0.3) is 0 Å². The summed E-state index contributed by atoms with van der Waals surface area (Å²) >= 11 is 0.843. The van der Waals surface area contributed by atoms with Crippen LogP contribution in [0.5, 0.6) is 0 Å². The van der Waals surface area contributed by atoms with Gasteiger partial charge in [-0.1, -0.05) is 0 Å². The maximum Gasteiger partial charge on any atom is 0.493 e. The molecular formula is C13H14BF2NO4S. The van der Waals surface area contributed by atoms with Crippen molar-refractivity contribution in [3.05, 3.63) is 22.7 Å². The van der Waals surface area contributed by atoms with Crippen LogP contribution in [0.3, 0.4) is 0 Å². The molecule has 0 saturated heterocycles. The summed E-state index contributed by atoms with van der Waals surface area (Å²) in [5.74, 6) is -2.53. The van der Waals surface area contributed by atoms with Gasteiger partial charge >= 0.3 is 13.1 Å². The largest absolute Gasteiger partial charge is 0.493 e. The van der Waals surface area contributed by atoms with Crippen LogP contribution < -0.4 is 5.46 Å². The quantitative estimate of drug-likeness (QED) is 0.652. The second-order valence-corrected chi connectivity index (χ2v) is 6.76. The lowest BCUT2D eigenvalue weighted by Gasteiger charge is -2.18. The number of carbonyl (C=O) groups excluding carboxylic acids is 1. The Morgan fingerprint density at radius 1 is 1.36 bits per heavy atom. The lowest BCUT2D eigenvalue weighted by Crippen LogP contribution is -2.34. The Morgan fingerprint density at radius 3 is 2.55 bits per heavy atom. The second-order valence-electron chi connectivity index (χ2n) is 5.68. The van der Waals surface area contributed by atoms with Crippen molar-refractivity contribution in [2.45, 2.75) is 32.8 Å². The highest BCUT2D eigenvalue weighted by atomic mass is 32.1. The normalized spacial score (nSPS) is 11.8. The Kier molecular flexibility index (Phi) is 4.50. The van der Waals surface area contributed by atoms with E-state index in [4.69, 9.17) is 4.74 Å². The highest BCUT2D eigenvalue weighted by molar-refractivity contribution is 7.18. The monoisotopic (exact) mass is 329 g/mol. The molecule has 0 saturated carbocycles. The van der Waals surface area contributed by atoms with E-state index in [1.54, 1.807) is 20.8 Å². The minimum absolute atomic E-state index is 0.0388. The van der Waals surface area contributed by atoms with Crippen molar-refractivity contribution in [3.63, 3.8) is 0 Å². The van der Waals surface area contributed by atoms with Crippen LogP contribution >= 0.6 is 11.3 Å². The number of ether oxygens (including phenoxy) is 1. The zero-order valence-corrected chi connectivity index (χ0v) is 13.0. The highest BCUT2D eigenvalue weighted by Crippen LogP contribution is 2.26. The standard InChI is InChI=1S/C13H14BF2NO4S/c1-13(2,3)21-9(18)5-8-17-11-10(14(19)20)6(15)4-7(16)12(11)22-8/h4,19-20H,5H2,1-3H3. The average Bonchev–Trinajstić information content (AvgIpc) is 2.68. The van der Waals surface area contributed by atoms with E-state index in [0.717, 1.165) is 11.3 Å². The average molecular weight is 329 g/mol. The molecule has 0 bridgehead atoms. The predicted molar refractivity (Wildman–Crippen MR) is 78.9 cm³/mol. The van der Waals surface area contributed by atoms with Gasteiger partial charge in [-0.25, -0.2) is 13.8 Å². The van der Waals surface area contributed by atoms with E-state index in [1.807, 2.05) is 0 Å². The Bertz CT molecular complexity index is 727. The van der Waals surface area contributed by atoms with Gasteiger partial charge in [-0.2, -0.15) is 0 Å². The maximum atomic E-state index is 13.8. The third-order valence-electron chi connectivity index (χ3n) is 2.63. The van der Waals surface area contributed by atoms with Crippen molar-refractivity contribution in [1.29, 1.82) is 0 Å². The van der Waals surface area contributed by atoms with E-state index in [-0.39, 0.29) is 21.6 Å². The van der Waals surface area contributed by atoms with Crippen molar-refractivity contribution in [2.24, 2.45) is 0 Å². The molecule has 0 aliphatic heterocycles. The first-order valence-electron chi connectivity index (χ1n) is 6.44. The molecule has 0 unspecified atom stereocenters. The lowest BCUT2D eigenvalue weighted by atomic mass is 9.79. The third kappa shape index (κ3) is 3.60. The lowest BCUT2D eigenvalue weighted by molar-refractivity contribution is -0.153. The molecule has 0 aliphatic carbocycles. The number of halogens is 2. The topological polar surface area (TPSA) is 79.7 Å². The number of hydrogen-bond donors (Lipinski definition) is 2. The van der Waals surface area contributed by atoms with Crippen LogP contribution in [0.1, 0.15) is 25.8 Å². The van der Waals surface area contributed by atoms with Crippen molar-refractivity contribution in [1.82, 2.24) is 4.98 Å². The van der Waals surface area contributed by atoms with E-state index < -0.39 is 35.8 Å². The zero-order chi connectivity index (χ0) is 16.7. The summed E-state index contributed by atoms with van der Waals surface area (Å²) in [6.45, 7) is 5.12. The first-order chi connectivity index (χ1) is 10.1. The van der Waals surface area contributed by atoms with Crippen molar-refractivity contribution < 1.29 is 28.4 Å². The Morgan fingerprint density at radius 2 is 2.00 bits per heavy atom. The van der Waals surface area contributed by atoms with E-state index >= 15 is 0 Å². The Labute approximate surface area is 129 Å². The van der Waals surface area contributed by atoms with Crippen LogP contribution in [0.15, 0.2) is 6.07 Å². The van der Waals surface area contributed by atoms with Crippen LogP contribution in [0.4, 0.5) is 8.78 Å². The van der Waals surface area contributed by atoms with Crippen molar-refractivity contribution in [2.75, 3.05) is 0 Å². The first kappa shape index (κ1) is 16.8. The number of benzene rings is 1. The molecular weight excluding hydrogens is 315 g/mol. The smallest absolute Gasteiger partial charge is 0.460 e. The molecule has 1 aromatic carbocycles. The van der Waals surface area contributed by atoms with Gasteiger partial charge in [0.05, 0.1) is 16.6 Å². The molecule has 118 valence electrons. The van der Waals surface area contributed by atoms with Crippen molar-refractivity contribution >= 4 is 40.1 Å². The molecule has 0 aliphatic rings. The summed E-state index contributed by atoms with van der Waals surface area (Å²) < 4.78 is 32.5. The minimum Gasteiger partial charge on any atom is -0.460 e. The van der Waals surface area contributed by atoms with E-state index in [1.165, 1.54) is 0 Å². The number of aromatic nitrogens is 1. The fourth-order valence-electron chi connectivity index (χ4n) is 1.90. The molecule has 0 fully saturated rings. The molecule has 22 heavy (non-hydrogen) atoms. The van der Waals surface area contributed by atoms with Crippen LogP contribution in [0, 0.1) is 11.6 Å². The Hall–Kier alpha value is -1.58. The molecule has 2 rings (SSSR count). The van der Waals surface area contributed by atoms with Crippen molar-refractivity contribution in [3.8, 4) is 0 Å². The third-order valence-corrected chi connectivity index (χ3v) is 3.69. The molecule has 0 spiro atoms. The molecule has 2 N–H and O–H groups in total. The predicted octanol–water partition coefficient (Wildman–Crippen LogP) is 1.14. The van der Waals surface area contributed by atoms with Gasteiger partial charge in [-0.05, 0) is 20.8 Å². The van der Waals surface area contributed by atoms with Gasteiger partial charge in [-0.3, -0.25) is 4.79 Å². The summed E-state index contributed by atoms with van der Waals surface area (Å²) in [5, 5.41) is 18.6. The molecule has 2 aromatic rings. The highest BCUT2D eigenvalue weighted by Gasteiger charge is 2.26. The van der Waals surface area contributed by atoms with Crippen LogP contribution in [0.25, 0.3) is 10.2 Å². The van der Waals surface area contributed by atoms with Gasteiger partial charge in [-0.15, -0.1) is 11.3 Å². The van der Waals surface area contributed by atoms with Gasteiger partial charge in [0.1, 0.15) is 22.2 Å². The Balaban J connectivity index is 2.40. The maximum absolute atomic E-state index is 13.8. The molecule has 0 atom stereocenters. The first-order valence-corrected chi connectivity index (χ1v) is 7.25. The summed E-state index contributed by atoms with van der Waals surface area (Å²) in [6.07, 6.45) is -0.210. The number of fused-ring (bicyclic) bond motifs is 1. The van der Waals surface area contributed by atoms with Gasteiger partial charge in [0, 0.05) is 11.5 Å². The molecule has 1 aromatic heterocycles. The van der Waals surface area contributed by atoms with Crippen LogP contribution in [-0.2, 0) is 16.0 Å². The number of rotatable bonds is 3. The van der Waals surface area contributed by atoms with Gasteiger partial charge < -0.3 is 14.8 Å². The molecule has 0 amide bonds. The fraction of sp³-hybridized carbons (Fsp3) is 0.385. The number of thiazole rings is 1. The number of nitrogens with zero attached hydrogens (tertiary/aromatic N) is 1. The van der Waals surface area contributed by atoms with E-state index in [2.05, 4.69) is 4.98 Å². The molecule has 9 heteroatoms. The van der Waals surface area contributed by atoms with Gasteiger partial charge in [0.15, 0.2) is 0 Å². The fourth-order valence-corrected chi connectivity index (χ4v) is 2.87. The summed E-state index contributed by atoms with van der Waals surface area (Å²) in [4.78, 5) is 15.7. The summed E-state index contributed by atoms with van der Waals surface area (Å²) in [5.41, 5.74) is -1.38.